The van der Waals surface area contributed by atoms with Crippen LogP contribution in [0.5, 0.6) is 0 Å². The van der Waals surface area contributed by atoms with E-state index in [9.17, 15) is 0 Å². The molecule has 2 nitrogen and oxygen atoms in total. The van der Waals surface area contributed by atoms with Crippen molar-refractivity contribution in [3.8, 4) is 0 Å². The maximum absolute atomic E-state index is 5.95. The normalized spacial score (nSPS) is 12.0. The number of nitrogens with two attached hydrogens (primary N) is 2. The molecule has 0 amide bonds. The Labute approximate surface area is 100.0 Å². The summed E-state index contributed by atoms with van der Waals surface area (Å²) in [5.41, 5.74) is 12.0. The van der Waals surface area contributed by atoms with Gasteiger partial charge >= 0.3 is 0 Å². The number of benzene rings is 1. The molecule has 0 unspecified atom stereocenters. The Bertz CT molecular complexity index is 271. The maximum atomic E-state index is 5.95. The molecule has 0 saturated carbocycles. The molecule has 0 radical (unpaired) electrons. The molecular formula is C9H13Cl3N2. The zero-order chi connectivity index (χ0) is 9.84. The molecule has 0 bridgehead atoms. The zero-order valence-corrected chi connectivity index (χ0v) is 9.87. The van der Waals surface area contributed by atoms with Crippen LogP contribution < -0.4 is 11.5 Å². The fourth-order valence-corrected chi connectivity index (χ4v) is 1.87. The van der Waals surface area contributed by atoms with Gasteiger partial charge < -0.3 is 11.5 Å². The highest BCUT2D eigenvalue weighted by Crippen LogP contribution is 2.30. The lowest BCUT2D eigenvalue weighted by atomic mass is 10.0. The van der Waals surface area contributed by atoms with E-state index in [0.29, 0.717) is 23.0 Å². The van der Waals surface area contributed by atoms with Gasteiger partial charge in [-0.15, -0.1) is 12.4 Å². The molecule has 1 rings (SSSR count). The Balaban J connectivity index is 0.00000169. The highest BCUT2D eigenvalue weighted by Gasteiger charge is 2.12. The monoisotopic (exact) mass is 254 g/mol. The molecule has 1 aromatic carbocycles. The molecule has 0 heterocycles. The lowest BCUT2D eigenvalue weighted by molar-refractivity contribution is 0.662. The Morgan fingerprint density at radius 1 is 1.21 bits per heavy atom. The van der Waals surface area contributed by atoms with Crippen LogP contribution in [0, 0.1) is 0 Å². The van der Waals surface area contributed by atoms with Gasteiger partial charge in [-0.05, 0) is 25.1 Å². The van der Waals surface area contributed by atoms with E-state index in [-0.39, 0.29) is 18.4 Å². The van der Waals surface area contributed by atoms with Crippen LogP contribution in [-0.2, 0) is 0 Å². The fraction of sp³-hybridized carbons (Fsp3) is 0.333. The topological polar surface area (TPSA) is 52.0 Å². The summed E-state index contributed by atoms with van der Waals surface area (Å²) in [6.45, 7) is 0.530. The van der Waals surface area contributed by atoms with Crippen molar-refractivity contribution < 1.29 is 0 Å². The summed E-state index contributed by atoms with van der Waals surface area (Å²) in [6, 6.07) is 5.17. The third-order valence-corrected chi connectivity index (χ3v) is 2.51. The standard InChI is InChI=1S/C9H12Cl2N2.ClH/c10-6-2-1-3-7(11)9(6)8(13)4-5-12;/h1-3,8H,4-5,12-13H2;1H/t8-;/m0./s1. The second kappa shape index (κ2) is 6.49. The fourth-order valence-electron chi connectivity index (χ4n) is 1.19. The molecule has 5 heteroatoms. The average molecular weight is 256 g/mol. The first-order valence-corrected chi connectivity index (χ1v) is 4.82. The summed E-state index contributed by atoms with van der Waals surface area (Å²) in [5.74, 6) is 0. The van der Waals surface area contributed by atoms with E-state index in [4.69, 9.17) is 34.7 Å². The number of halogens is 3. The quantitative estimate of drug-likeness (QED) is 0.873. The smallest absolute Gasteiger partial charge is 0.0468 e. The Kier molecular flexibility index (Phi) is 6.49. The Morgan fingerprint density at radius 2 is 1.71 bits per heavy atom. The molecule has 0 fully saturated rings. The largest absolute Gasteiger partial charge is 0.330 e. The molecule has 0 aliphatic heterocycles. The van der Waals surface area contributed by atoms with Crippen molar-refractivity contribution in [1.82, 2.24) is 0 Å². The minimum Gasteiger partial charge on any atom is -0.330 e. The molecule has 1 aromatic rings. The lowest BCUT2D eigenvalue weighted by Gasteiger charge is -2.13. The predicted octanol–water partition coefficient (Wildman–Crippen LogP) is 2.76. The van der Waals surface area contributed by atoms with Gasteiger partial charge in [0.1, 0.15) is 0 Å². The van der Waals surface area contributed by atoms with Gasteiger partial charge in [0.05, 0.1) is 0 Å². The van der Waals surface area contributed by atoms with Crippen LogP contribution in [0.2, 0.25) is 10.0 Å². The van der Waals surface area contributed by atoms with Crippen molar-refractivity contribution in [2.75, 3.05) is 6.54 Å². The Morgan fingerprint density at radius 3 is 2.14 bits per heavy atom. The zero-order valence-electron chi connectivity index (χ0n) is 7.54. The van der Waals surface area contributed by atoms with Gasteiger partial charge in [0, 0.05) is 21.7 Å². The van der Waals surface area contributed by atoms with Crippen molar-refractivity contribution in [1.29, 1.82) is 0 Å². The van der Waals surface area contributed by atoms with Crippen molar-refractivity contribution in [2.45, 2.75) is 12.5 Å². The van der Waals surface area contributed by atoms with Gasteiger partial charge in [0.25, 0.3) is 0 Å². The average Bonchev–Trinajstić information content (AvgIpc) is 2.04. The first kappa shape index (κ1) is 14.0. The van der Waals surface area contributed by atoms with Crippen LogP contribution in [0.3, 0.4) is 0 Å². The summed E-state index contributed by atoms with van der Waals surface area (Å²) in [4.78, 5) is 0. The van der Waals surface area contributed by atoms with Gasteiger partial charge in [-0.1, -0.05) is 29.3 Å². The highest BCUT2D eigenvalue weighted by atomic mass is 35.5. The highest BCUT2D eigenvalue weighted by molar-refractivity contribution is 6.36. The van der Waals surface area contributed by atoms with Gasteiger partial charge in [0.2, 0.25) is 0 Å². The number of hydrogen-bond acceptors (Lipinski definition) is 2. The molecule has 80 valence electrons. The summed E-state index contributed by atoms with van der Waals surface area (Å²) >= 11 is 11.9. The van der Waals surface area contributed by atoms with E-state index < -0.39 is 0 Å². The van der Waals surface area contributed by atoms with Gasteiger partial charge in [-0.25, -0.2) is 0 Å². The Hall–Kier alpha value is 0.01000. The van der Waals surface area contributed by atoms with Crippen LogP contribution >= 0.6 is 35.6 Å². The summed E-state index contributed by atoms with van der Waals surface area (Å²) in [7, 11) is 0. The van der Waals surface area contributed by atoms with Gasteiger partial charge in [-0.2, -0.15) is 0 Å². The summed E-state index contributed by atoms with van der Waals surface area (Å²) in [5, 5.41) is 1.21. The van der Waals surface area contributed by atoms with Crippen LogP contribution in [0.1, 0.15) is 18.0 Å². The SMILES string of the molecule is Cl.NCC[C@H](N)c1c(Cl)cccc1Cl. The maximum Gasteiger partial charge on any atom is 0.0468 e. The van der Waals surface area contributed by atoms with E-state index in [0.717, 1.165) is 5.56 Å². The van der Waals surface area contributed by atoms with E-state index in [1.165, 1.54) is 0 Å². The minimum atomic E-state index is -0.175. The number of rotatable bonds is 3. The predicted molar refractivity (Wildman–Crippen MR) is 64.3 cm³/mol. The first-order valence-electron chi connectivity index (χ1n) is 4.06. The lowest BCUT2D eigenvalue weighted by Crippen LogP contribution is -2.16. The third-order valence-electron chi connectivity index (χ3n) is 1.85. The van der Waals surface area contributed by atoms with E-state index in [1.807, 2.05) is 0 Å². The van der Waals surface area contributed by atoms with Crippen molar-refractivity contribution in [2.24, 2.45) is 11.5 Å². The van der Waals surface area contributed by atoms with Crippen LogP contribution in [0.15, 0.2) is 18.2 Å². The number of hydrogen-bond donors (Lipinski definition) is 2. The van der Waals surface area contributed by atoms with Crippen LogP contribution in [-0.4, -0.2) is 6.54 Å². The molecule has 0 aliphatic carbocycles. The van der Waals surface area contributed by atoms with E-state index in [1.54, 1.807) is 18.2 Å². The third kappa shape index (κ3) is 3.30. The van der Waals surface area contributed by atoms with Crippen LogP contribution in [0.4, 0.5) is 0 Å². The summed E-state index contributed by atoms with van der Waals surface area (Å²) in [6.07, 6.45) is 0.684. The minimum absolute atomic E-state index is 0. The van der Waals surface area contributed by atoms with Crippen molar-refractivity contribution in [3.63, 3.8) is 0 Å². The second-order valence-electron chi connectivity index (χ2n) is 2.82. The molecule has 0 aromatic heterocycles. The first-order chi connectivity index (χ1) is 6.16. The molecule has 1 atom stereocenters. The van der Waals surface area contributed by atoms with E-state index >= 15 is 0 Å². The van der Waals surface area contributed by atoms with Gasteiger partial charge in [-0.3, -0.25) is 0 Å². The van der Waals surface area contributed by atoms with Crippen molar-refractivity contribution in [3.05, 3.63) is 33.8 Å². The molecule has 0 spiro atoms. The molecule has 4 N–H and O–H groups in total. The second-order valence-corrected chi connectivity index (χ2v) is 3.63. The molecule has 14 heavy (non-hydrogen) atoms. The molecular weight excluding hydrogens is 242 g/mol. The molecule has 0 aliphatic rings. The van der Waals surface area contributed by atoms with Gasteiger partial charge in [0.15, 0.2) is 0 Å². The van der Waals surface area contributed by atoms with Crippen LogP contribution in [0.25, 0.3) is 0 Å². The summed E-state index contributed by atoms with van der Waals surface area (Å²) < 4.78 is 0. The van der Waals surface area contributed by atoms with E-state index in [2.05, 4.69) is 0 Å². The van der Waals surface area contributed by atoms with Crippen molar-refractivity contribution >= 4 is 35.6 Å². The molecule has 0 saturated heterocycles.